The van der Waals surface area contributed by atoms with Gasteiger partial charge in [0.15, 0.2) is 0 Å². The smallest absolute Gasteiger partial charge is 0.0151 e. The van der Waals surface area contributed by atoms with E-state index in [4.69, 9.17) is 0 Å². The molecule has 0 aliphatic heterocycles. The van der Waals surface area contributed by atoms with Crippen LogP contribution < -0.4 is 0 Å². The standard InChI is InChI=1S/C12H15Br/c1-9-2-4-10(5-3-9)11-6-7-12(13)8-11/h2-5,11-12H,6-8H2,1H3. The Bertz CT molecular complexity index is 276. The monoisotopic (exact) mass is 238 g/mol. The molecular formula is C12H15Br. The number of rotatable bonds is 1. The molecule has 1 aliphatic rings. The third-order valence-corrected chi connectivity index (χ3v) is 3.75. The Labute approximate surface area is 88.5 Å². The number of halogens is 1. The van der Waals surface area contributed by atoms with Crippen LogP contribution in [-0.2, 0) is 0 Å². The Balaban J connectivity index is 2.13. The van der Waals surface area contributed by atoms with Crippen molar-refractivity contribution >= 4 is 15.9 Å². The maximum atomic E-state index is 3.69. The molecule has 0 radical (unpaired) electrons. The van der Waals surface area contributed by atoms with Gasteiger partial charge in [-0.05, 0) is 37.7 Å². The van der Waals surface area contributed by atoms with Crippen molar-refractivity contribution in [2.45, 2.75) is 36.9 Å². The van der Waals surface area contributed by atoms with E-state index in [9.17, 15) is 0 Å². The van der Waals surface area contributed by atoms with Crippen LogP contribution in [0.4, 0.5) is 0 Å². The molecule has 1 aromatic carbocycles. The molecule has 2 atom stereocenters. The molecule has 1 aliphatic carbocycles. The van der Waals surface area contributed by atoms with E-state index in [0.29, 0.717) is 0 Å². The topological polar surface area (TPSA) is 0 Å². The van der Waals surface area contributed by atoms with E-state index in [0.717, 1.165) is 10.7 Å². The highest BCUT2D eigenvalue weighted by atomic mass is 79.9. The zero-order valence-corrected chi connectivity index (χ0v) is 9.55. The molecule has 0 heterocycles. The normalized spacial score (nSPS) is 27.8. The second-order valence-electron chi connectivity index (χ2n) is 4.02. The highest BCUT2D eigenvalue weighted by molar-refractivity contribution is 9.09. The fourth-order valence-electron chi connectivity index (χ4n) is 2.07. The molecule has 1 saturated carbocycles. The molecule has 0 nitrogen and oxygen atoms in total. The van der Waals surface area contributed by atoms with Crippen LogP contribution in [0.25, 0.3) is 0 Å². The Morgan fingerprint density at radius 3 is 2.38 bits per heavy atom. The van der Waals surface area contributed by atoms with Gasteiger partial charge in [0.05, 0.1) is 0 Å². The van der Waals surface area contributed by atoms with Crippen molar-refractivity contribution in [2.24, 2.45) is 0 Å². The number of aryl methyl sites for hydroxylation is 1. The minimum absolute atomic E-state index is 0.749. The SMILES string of the molecule is Cc1ccc(C2CCC(Br)C2)cc1. The van der Waals surface area contributed by atoms with Crippen LogP contribution in [0.15, 0.2) is 24.3 Å². The van der Waals surface area contributed by atoms with Gasteiger partial charge in [-0.25, -0.2) is 0 Å². The van der Waals surface area contributed by atoms with E-state index in [1.807, 2.05) is 0 Å². The van der Waals surface area contributed by atoms with E-state index < -0.39 is 0 Å². The molecule has 70 valence electrons. The Kier molecular flexibility index (Phi) is 2.73. The van der Waals surface area contributed by atoms with Crippen LogP contribution in [0.5, 0.6) is 0 Å². The lowest BCUT2D eigenvalue weighted by molar-refractivity contribution is 0.725. The first-order valence-electron chi connectivity index (χ1n) is 4.96. The molecule has 0 N–H and O–H groups in total. The molecule has 0 spiro atoms. The third kappa shape index (κ3) is 2.14. The molecule has 13 heavy (non-hydrogen) atoms. The number of hydrogen-bond donors (Lipinski definition) is 0. The summed E-state index contributed by atoms with van der Waals surface area (Å²) in [6.07, 6.45) is 3.99. The minimum atomic E-state index is 0.749. The second-order valence-corrected chi connectivity index (χ2v) is 5.31. The van der Waals surface area contributed by atoms with Crippen LogP contribution in [-0.4, -0.2) is 4.83 Å². The fourth-order valence-corrected chi connectivity index (χ4v) is 2.78. The van der Waals surface area contributed by atoms with Gasteiger partial charge in [-0.2, -0.15) is 0 Å². The summed E-state index contributed by atoms with van der Waals surface area (Å²) in [5.41, 5.74) is 2.88. The van der Waals surface area contributed by atoms with E-state index in [-0.39, 0.29) is 0 Å². The van der Waals surface area contributed by atoms with Crippen LogP contribution in [0.3, 0.4) is 0 Å². The van der Waals surface area contributed by atoms with Crippen LogP contribution in [0.1, 0.15) is 36.3 Å². The van der Waals surface area contributed by atoms with Crippen molar-refractivity contribution in [3.05, 3.63) is 35.4 Å². The van der Waals surface area contributed by atoms with Gasteiger partial charge in [0.1, 0.15) is 0 Å². The van der Waals surface area contributed by atoms with Crippen molar-refractivity contribution in [3.8, 4) is 0 Å². The molecule has 1 aromatic rings. The van der Waals surface area contributed by atoms with Gasteiger partial charge in [0.2, 0.25) is 0 Å². The van der Waals surface area contributed by atoms with Crippen LogP contribution in [0, 0.1) is 6.92 Å². The van der Waals surface area contributed by atoms with E-state index >= 15 is 0 Å². The lowest BCUT2D eigenvalue weighted by Gasteiger charge is -2.09. The highest BCUT2D eigenvalue weighted by Gasteiger charge is 2.23. The molecule has 0 bridgehead atoms. The first-order chi connectivity index (χ1) is 6.25. The fraction of sp³-hybridized carbons (Fsp3) is 0.500. The molecule has 0 saturated heterocycles. The Morgan fingerprint density at radius 1 is 1.15 bits per heavy atom. The first-order valence-corrected chi connectivity index (χ1v) is 5.88. The summed E-state index contributed by atoms with van der Waals surface area (Å²) in [6.45, 7) is 2.14. The van der Waals surface area contributed by atoms with Crippen LogP contribution >= 0.6 is 15.9 Å². The average molecular weight is 239 g/mol. The second kappa shape index (κ2) is 3.83. The average Bonchev–Trinajstić information content (AvgIpc) is 2.53. The van der Waals surface area contributed by atoms with E-state index in [1.54, 1.807) is 0 Å². The lowest BCUT2D eigenvalue weighted by atomic mass is 9.97. The molecular weight excluding hydrogens is 224 g/mol. The molecule has 1 heteroatoms. The molecule has 0 aromatic heterocycles. The van der Waals surface area contributed by atoms with Gasteiger partial charge in [-0.1, -0.05) is 45.8 Å². The first kappa shape index (κ1) is 9.26. The van der Waals surface area contributed by atoms with Gasteiger partial charge >= 0.3 is 0 Å². The molecule has 2 unspecified atom stereocenters. The zero-order valence-electron chi connectivity index (χ0n) is 7.96. The Morgan fingerprint density at radius 2 is 1.85 bits per heavy atom. The largest absolute Gasteiger partial charge is 0.0890 e. The quantitative estimate of drug-likeness (QED) is 0.649. The lowest BCUT2D eigenvalue weighted by Crippen LogP contribution is -1.93. The van der Waals surface area contributed by atoms with Gasteiger partial charge in [-0.15, -0.1) is 0 Å². The van der Waals surface area contributed by atoms with E-state index in [1.165, 1.54) is 30.4 Å². The van der Waals surface area contributed by atoms with Crippen molar-refractivity contribution in [1.82, 2.24) is 0 Å². The third-order valence-electron chi connectivity index (χ3n) is 2.92. The van der Waals surface area contributed by atoms with Crippen molar-refractivity contribution in [3.63, 3.8) is 0 Å². The maximum absolute atomic E-state index is 3.69. The highest BCUT2D eigenvalue weighted by Crippen LogP contribution is 2.37. The summed E-state index contributed by atoms with van der Waals surface area (Å²) in [5, 5.41) is 0. The maximum Gasteiger partial charge on any atom is 0.0151 e. The van der Waals surface area contributed by atoms with Gasteiger partial charge in [0, 0.05) is 4.83 Å². The minimum Gasteiger partial charge on any atom is -0.0890 e. The van der Waals surface area contributed by atoms with Crippen molar-refractivity contribution in [1.29, 1.82) is 0 Å². The predicted molar refractivity (Wildman–Crippen MR) is 60.5 cm³/mol. The molecule has 2 rings (SSSR count). The Hall–Kier alpha value is -0.300. The number of benzene rings is 1. The summed E-state index contributed by atoms with van der Waals surface area (Å²) in [4.78, 5) is 0.749. The zero-order chi connectivity index (χ0) is 9.26. The molecule has 0 amide bonds. The number of alkyl halides is 1. The van der Waals surface area contributed by atoms with Gasteiger partial charge < -0.3 is 0 Å². The summed E-state index contributed by atoms with van der Waals surface area (Å²) in [6, 6.07) is 9.00. The van der Waals surface area contributed by atoms with Crippen molar-refractivity contribution in [2.75, 3.05) is 0 Å². The summed E-state index contributed by atoms with van der Waals surface area (Å²) in [5.74, 6) is 0.796. The number of hydrogen-bond acceptors (Lipinski definition) is 0. The van der Waals surface area contributed by atoms with E-state index in [2.05, 4.69) is 47.1 Å². The molecule has 1 fully saturated rings. The summed E-state index contributed by atoms with van der Waals surface area (Å²) >= 11 is 3.69. The van der Waals surface area contributed by atoms with Gasteiger partial charge in [-0.3, -0.25) is 0 Å². The summed E-state index contributed by atoms with van der Waals surface area (Å²) in [7, 11) is 0. The van der Waals surface area contributed by atoms with Crippen LogP contribution in [0.2, 0.25) is 0 Å². The van der Waals surface area contributed by atoms with Gasteiger partial charge in [0.25, 0.3) is 0 Å². The summed E-state index contributed by atoms with van der Waals surface area (Å²) < 4.78 is 0. The predicted octanol–water partition coefficient (Wildman–Crippen LogP) is 4.03. The van der Waals surface area contributed by atoms with Crippen molar-refractivity contribution < 1.29 is 0 Å².